The van der Waals surface area contributed by atoms with Gasteiger partial charge in [-0.2, -0.15) is 4.31 Å². The Bertz CT molecular complexity index is 845. The molecule has 2 aromatic rings. The van der Waals surface area contributed by atoms with E-state index in [4.69, 9.17) is 14.2 Å². The highest BCUT2D eigenvalue weighted by Crippen LogP contribution is 2.35. The van der Waals surface area contributed by atoms with E-state index in [0.717, 1.165) is 5.75 Å². The highest BCUT2D eigenvalue weighted by Gasteiger charge is 2.31. The second-order valence-electron chi connectivity index (χ2n) is 6.05. The molecule has 0 saturated carbocycles. The van der Waals surface area contributed by atoms with E-state index in [1.807, 2.05) is 30.3 Å². The van der Waals surface area contributed by atoms with Crippen LogP contribution in [0.3, 0.4) is 0 Å². The molecule has 0 aromatic heterocycles. The van der Waals surface area contributed by atoms with Crippen LogP contribution in [0.5, 0.6) is 17.2 Å². The number of para-hydroxylation sites is 1. The maximum atomic E-state index is 12.8. The molecule has 0 radical (unpaired) electrons. The summed E-state index contributed by atoms with van der Waals surface area (Å²) in [5.41, 5.74) is 0. The average molecular weight is 361 g/mol. The first-order valence-corrected chi connectivity index (χ1v) is 9.68. The van der Waals surface area contributed by atoms with Crippen molar-refractivity contribution in [2.24, 2.45) is 0 Å². The molecule has 0 aliphatic carbocycles. The highest BCUT2D eigenvalue weighted by molar-refractivity contribution is 7.89. The predicted octanol–water partition coefficient (Wildman–Crippen LogP) is 2.65. The largest absolute Gasteiger partial charge is 0.490 e. The Labute approximate surface area is 147 Å². The van der Waals surface area contributed by atoms with Gasteiger partial charge < -0.3 is 14.2 Å². The van der Waals surface area contributed by atoms with Crippen molar-refractivity contribution >= 4 is 10.0 Å². The smallest absolute Gasteiger partial charge is 0.243 e. The van der Waals surface area contributed by atoms with E-state index in [1.54, 1.807) is 12.1 Å². The average Bonchev–Trinajstić information content (AvgIpc) is 3.11. The molecule has 0 spiro atoms. The molecule has 0 bridgehead atoms. The fraction of sp³-hybridized carbons (Fsp3) is 0.333. The Morgan fingerprint density at radius 3 is 2.44 bits per heavy atom. The van der Waals surface area contributed by atoms with Gasteiger partial charge in [-0.3, -0.25) is 0 Å². The van der Waals surface area contributed by atoms with Gasteiger partial charge in [-0.25, -0.2) is 8.42 Å². The lowest BCUT2D eigenvalue weighted by Crippen LogP contribution is -2.41. The summed E-state index contributed by atoms with van der Waals surface area (Å²) in [5.74, 6) is 1.87. The van der Waals surface area contributed by atoms with Crippen LogP contribution < -0.4 is 14.2 Å². The van der Waals surface area contributed by atoms with Gasteiger partial charge in [0, 0.05) is 19.2 Å². The van der Waals surface area contributed by atoms with Crippen molar-refractivity contribution in [3.8, 4) is 17.2 Å². The van der Waals surface area contributed by atoms with Gasteiger partial charge in [0.2, 0.25) is 16.8 Å². The molecular formula is C18H19NO5S. The summed E-state index contributed by atoms with van der Waals surface area (Å²) >= 11 is 0. The molecule has 0 unspecified atom stereocenters. The number of sulfonamides is 1. The van der Waals surface area contributed by atoms with E-state index in [0.29, 0.717) is 37.4 Å². The highest BCUT2D eigenvalue weighted by atomic mass is 32.2. The standard InChI is InChI=1S/C18H19NO5S/c20-25(21,16-6-7-17-18(12-16)23-13-22-17)19-10-8-15(9-11-19)24-14-4-2-1-3-5-14/h1-7,12,15H,8-11,13H2. The number of piperidine rings is 1. The molecule has 25 heavy (non-hydrogen) atoms. The first kappa shape index (κ1) is 16.2. The number of benzene rings is 2. The zero-order valence-electron chi connectivity index (χ0n) is 13.6. The molecule has 4 rings (SSSR count). The van der Waals surface area contributed by atoms with Crippen molar-refractivity contribution in [1.82, 2.24) is 4.31 Å². The van der Waals surface area contributed by atoms with Crippen LogP contribution in [0.2, 0.25) is 0 Å². The summed E-state index contributed by atoms with van der Waals surface area (Å²) in [5, 5.41) is 0. The maximum Gasteiger partial charge on any atom is 0.243 e. The van der Waals surface area contributed by atoms with E-state index < -0.39 is 10.0 Å². The van der Waals surface area contributed by atoms with Gasteiger partial charge in [-0.1, -0.05) is 18.2 Å². The molecule has 1 saturated heterocycles. The van der Waals surface area contributed by atoms with Crippen molar-refractivity contribution in [3.05, 3.63) is 48.5 Å². The zero-order chi connectivity index (χ0) is 17.3. The van der Waals surface area contributed by atoms with E-state index in [-0.39, 0.29) is 17.8 Å². The van der Waals surface area contributed by atoms with Crippen molar-refractivity contribution < 1.29 is 22.6 Å². The van der Waals surface area contributed by atoms with Gasteiger partial charge in [0.1, 0.15) is 11.9 Å². The Kier molecular flexibility index (Phi) is 4.27. The van der Waals surface area contributed by atoms with Crippen LogP contribution in [0.1, 0.15) is 12.8 Å². The Hall–Kier alpha value is -2.25. The summed E-state index contributed by atoms with van der Waals surface area (Å²) in [6, 6.07) is 14.3. The van der Waals surface area contributed by atoms with Crippen LogP contribution in [0.25, 0.3) is 0 Å². The quantitative estimate of drug-likeness (QED) is 0.838. The molecular weight excluding hydrogens is 342 g/mol. The van der Waals surface area contributed by atoms with Crippen LogP contribution in [-0.2, 0) is 10.0 Å². The van der Waals surface area contributed by atoms with Crippen molar-refractivity contribution in [3.63, 3.8) is 0 Å². The third-order valence-electron chi connectivity index (χ3n) is 4.43. The van der Waals surface area contributed by atoms with Gasteiger partial charge in [0.15, 0.2) is 11.5 Å². The Morgan fingerprint density at radius 1 is 0.960 bits per heavy atom. The van der Waals surface area contributed by atoms with Gasteiger partial charge in [0.05, 0.1) is 4.90 Å². The number of ether oxygens (including phenoxy) is 3. The van der Waals surface area contributed by atoms with E-state index in [1.165, 1.54) is 10.4 Å². The van der Waals surface area contributed by atoms with Gasteiger partial charge in [-0.15, -0.1) is 0 Å². The fourth-order valence-electron chi connectivity index (χ4n) is 3.07. The molecule has 0 atom stereocenters. The first-order valence-electron chi connectivity index (χ1n) is 8.24. The lowest BCUT2D eigenvalue weighted by atomic mass is 10.1. The minimum absolute atomic E-state index is 0.0330. The summed E-state index contributed by atoms with van der Waals surface area (Å²) in [4.78, 5) is 0.235. The number of hydrogen-bond acceptors (Lipinski definition) is 5. The predicted molar refractivity (Wildman–Crippen MR) is 91.4 cm³/mol. The molecule has 0 N–H and O–H groups in total. The summed E-state index contributed by atoms with van der Waals surface area (Å²) in [6.45, 7) is 1.00. The first-order chi connectivity index (χ1) is 12.1. The van der Waals surface area contributed by atoms with Crippen molar-refractivity contribution in [1.29, 1.82) is 0 Å². The van der Waals surface area contributed by atoms with Crippen molar-refractivity contribution in [2.75, 3.05) is 19.9 Å². The second kappa shape index (κ2) is 6.57. The molecule has 2 aromatic carbocycles. The van der Waals surface area contributed by atoms with Crippen LogP contribution in [0.15, 0.2) is 53.4 Å². The van der Waals surface area contributed by atoms with E-state index in [2.05, 4.69) is 0 Å². The molecule has 2 heterocycles. The molecule has 132 valence electrons. The second-order valence-corrected chi connectivity index (χ2v) is 7.99. The lowest BCUT2D eigenvalue weighted by molar-refractivity contribution is 0.135. The summed E-state index contributed by atoms with van der Waals surface area (Å²) < 4.78 is 43.6. The van der Waals surface area contributed by atoms with Crippen molar-refractivity contribution in [2.45, 2.75) is 23.8 Å². The summed E-state index contributed by atoms with van der Waals surface area (Å²) in [7, 11) is -3.54. The Morgan fingerprint density at radius 2 is 1.68 bits per heavy atom. The monoisotopic (exact) mass is 361 g/mol. The SMILES string of the molecule is O=S(=O)(c1ccc2c(c1)OCO2)N1CCC(Oc2ccccc2)CC1. The van der Waals surface area contributed by atoms with Gasteiger partial charge in [0.25, 0.3) is 0 Å². The Balaban J connectivity index is 1.43. The third kappa shape index (κ3) is 3.29. The van der Waals surface area contributed by atoms with Crippen LogP contribution >= 0.6 is 0 Å². The number of nitrogens with zero attached hydrogens (tertiary/aromatic N) is 1. The van der Waals surface area contributed by atoms with Gasteiger partial charge >= 0.3 is 0 Å². The summed E-state index contributed by atoms with van der Waals surface area (Å²) in [6.07, 6.45) is 1.36. The minimum Gasteiger partial charge on any atom is -0.490 e. The zero-order valence-corrected chi connectivity index (χ0v) is 14.4. The number of fused-ring (bicyclic) bond motifs is 1. The molecule has 7 heteroatoms. The lowest BCUT2D eigenvalue weighted by Gasteiger charge is -2.31. The fourth-order valence-corrected chi connectivity index (χ4v) is 4.55. The topological polar surface area (TPSA) is 65.1 Å². The number of hydrogen-bond donors (Lipinski definition) is 0. The minimum atomic E-state index is -3.54. The normalized spacial score (nSPS) is 18.2. The maximum absolute atomic E-state index is 12.8. The molecule has 6 nitrogen and oxygen atoms in total. The third-order valence-corrected chi connectivity index (χ3v) is 6.32. The van der Waals surface area contributed by atoms with Gasteiger partial charge in [-0.05, 0) is 37.1 Å². The van der Waals surface area contributed by atoms with E-state index >= 15 is 0 Å². The van der Waals surface area contributed by atoms with Crippen LogP contribution in [0, 0.1) is 0 Å². The van der Waals surface area contributed by atoms with E-state index in [9.17, 15) is 8.42 Å². The molecule has 2 aliphatic heterocycles. The molecule has 0 amide bonds. The number of rotatable bonds is 4. The van der Waals surface area contributed by atoms with Crippen LogP contribution in [-0.4, -0.2) is 38.7 Å². The molecule has 1 fully saturated rings. The molecule has 2 aliphatic rings. The van der Waals surface area contributed by atoms with Crippen LogP contribution in [0.4, 0.5) is 0 Å².